The summed E-state index contributed by atoms with van der Waals surface area (Å²) in [7, 11) is 0. The van der Waals surface area contributed by atoms with Crippen LogP contribution in [0.3, 0.4) is 0 Å². The minimum atomic E-state index is -0.488. The Bertz CT molecular complexity index is 336. The Balaban J connectivity index is 2.70. The molecule has 0 aromatic carbocycles. The first-order valence-electron chi connectivity index (χ1n) is 6.38. The molecule has 1 aliphatic heterocycles. The van der Waals surface area contributed by atoms with Crippen LogP contribution < -0.4 is 0 Å². The van der Waals surface area contributed by atoms with Crippen LogP contribution >= 0.6 is 0 Å². The average Bonchev–Trinajstić information content (AvgIpc) is 2.17. The summed E-state index contributed by atoms with van der Waals surface area (Å²) >= 11 is 0. The van der Waals surface area contributed by atoms with Gasteiger partial charge in [0.25, 0.3) is 0 Å². The first-order chi connectivity index (χ1) is 8.11. The van der Waals surface area contributed by atoms with E-state index in [1.54, 1.807) is 16.7 Å². The Kier molecular flexibility index (Phi) is 4.24. The molecule has 1 rings (SSSR count). The van der Waals surface area contributed by atoms with Crippen LogP contribution in [0.1, 0.15) is 41.5 Å². The maximum Gasteiger partial charge on any atom is 0.410 e. The second-order valence-corrected chi connectivity index (χ2v) is 6.00. The lowest BCUT2D eigenvalue weighted by molar-refractivity contribution is -0.134. The predicted molar refractivity (Wildman–Crippen MR) is 69.3 cm³/mol. The van der Waals surface area contributed by atoms with Crippen molar-refractivity contribution in [3.8, 4) is 0 Å². The predicted octanol–water partition coefficient (Wildman–Crippen LogP) is 1.86. The molecule has 104 valence electrons. The molecule has 0 spiro atoms. The summed E-state index contributed by atoms with van der Waals surface area (Å²) in [5.41, 5.74) is -0.488. The first-order valence-corrected chi connectivity index (χ1v) is 6.38. The van der Waals surface area contributed by atoms with Gasteiger partial charge in [0.15, 0.2) is 0 Å². The fraction of sp³-hybridized carbons (Fsp3) is 0.846. The number of ether oxygens (including phenoxy) is 1. The van der Waals surface area contributed by atoms with Gasteiger partial charge in [0, 0.05) is 32.1 Å². The summed E-state index contributed by atoms with van der Waals surface area (Å²) in [6.07, 6.45) is -0.301. The SMILES string of the molecule is CC(=O)N1CC(C)N(C(=O)OC(C)(C)C)CC1C. The fourth-order valence-corrected chi connectivity index (χ4v) is 2.14. The lowest BCUT2D eigenvalue weighted by Gasteiger charge is -2.43. The minimum Gasteiger partial charge on any atom is -0.444 e. The molecular formula is C13H24N2O3. The van der Waals surface area contributed by atoms with Gasteiger partial charge < -0.3 is 14.5 Å². The van der Waals surface area contributed by atoms with Crippen molar-refractivity contribution in [2.75, 3.05) is 13.1 Å². The average molecular weight is 256 g/mol. The summed E-state index contributed by atoms with van der Waals surface area (Å²) in [5, 5.41) is 0. The number of hydrogen-bond donors (Lipinski definition) is 0. The van der Waals surface area contributed by atoms with Gasteiger partial charge in [-0.3, -0.25) is 4.79 Å². The molecule has 1 fully saturated rings. The van der Waals surface area contributed by atoms with Crippen molar-refractivity contribution in [1.29, 1.82) is 0 Å². The van der Waals surface area contributed by atoms with Gasteiger partial charge in [-0.15, -0.1) is 0 Å². The molecule has 18 heavy (non-hydrogen) atoms. The van der Waals surface area contributed by atoms with Gasteiger partial charge >= 0.3 is 6.09 Å². The van der Waals surface area contributed by atoms with Crippen LogP contribution in [0.5, 0.6) is 0 Å². The Morgan fingerprint density at radius 2 is 1.50 bits per heavy atom. The Labute approximate surface area is 109 Å². The van der Waals surface area contributed by atoms with Gasteiger partial charge in [-0.25, -0.2) is 4.79 Å². The Hall–Kier alpha value is -1.26. The summed E-state index contributed by atoms with van der Waals surface area (Å²) in [6, 6.07) is 0.0196. The standard InChI is InChI=1S/C13H24N2O3/c1-9-8-15(12(17)18-13(4,5)6)10(2)7-14(9)11(3)16/h9-10H,7-8H2,1-6H3. The number of rotatable bonds is 0. The number of piperazine rings is 1. The molecule has 0 saturated carbocycles. The van der Waals surface area contributed by atoms with Crippen molar-refractivity contribution in [3.05, 3.63) is 0 Å². The molecule has 2 amide bonds. The maximum absolute atomic E-state index is 12.0. The quantitative estimate of drug-likeness (QED) is 0.664. The highest BCUT2D eigenvalue weighted by atomic mass is 16.6. The lowest BCUT2D eigenvalue weighted by Crippen LogP contribution is -2.59. The van der Waals surface area contributed by atoms with Crippen LogP contribution in [-0.2, 0) is 9.53 Å². The van der Waals surface area contributed by atoms with Crippen LogP contribution in [0.4, 0.5) is 4.79 Å². The number of nitrogens with zero attached hydrogens (tertiary/aromatic N) is 2. The zero-order chi connectivity index (χ0) is 14.1. The van der Waals surface area contributed by atoms with Gasteiger partial charge in [-0.05, 0) is 34.6 Å². The summed E-state index contributed by atoms with van der Waals surface area (Å²) in [6.45, 7) is 12.1. The van der Waals surface area contributed by atoms with Gasteiger partial charge in [-0.2, -0.15) is 0 Å². The smallest absolute Gasteiger partial charge is 0.410 e. The third-order valence-electron chi connectivity index (χ3n) is 3.02. The second-order valence-electron chi connectivity index (χ2n) is 6.00. The summed E-state index contributed by atoms with van der Waals surface area (Å²) < 4.78 is 5.38. The van der Waals surface area contributed by atoms with Crippen LogP contribution in [0.2, 0.25) is 0 Å². The molecule has 5 nitrogen and oxygen atoms in total. The van der Waals surface area contributed by atoms with E-state index in [4.69, 9.17) is 4.74 Å². The zero-order valence-electron chi connectivity index (χ0n) is 12.2. The second kappa shape index (κ2) is 5.16. The van der Waals surface area contributed by atoms with E-state index in [-0.39, 0.29) is 24.1 Å². The number of carbonyl (C=O) groups is 2. The normalized spacial score (nSPS) is 25.0. The molecule has 0 aromatic rings. The van der Waals surface area contributed by atoms with Crippen LogP contribution in [0.25, 0.3) is 0 Å². The van der Waals surface area contributed by atoms with Crippen molar-refractivity contribution in [3.63, 3.8) is 0 Å². The third-order valence-corrected chi connectivity index (χ3v) is 3.02. The highest BCUT2D eigenvalue weighted by Crippen LogP contribution is 2.18. The van der Waals surface area contributed by atoms with E-state index < -0.39 is 5.60 Å². The third kappa shape index (κ3) is 3.62. The van der Waals surface area contributed by atoms with Crippen molar-refractivity contribution < 1.29 is 14.3 Å². The molecule has 1 aliphatic rings. The van der Waals surface area contributed by atoms with Crippen LogP contribution in [-0.4, -0.2) is 52.6 Å². The number of hydrogen-bond acceptors (Lipinski definition) is 3. The van der Waals surface area contributed by atoms with E-state index in [1.807, 2.05) is 34.6 Å². The van der Waals surface area contributed by atoms with E-state index in [2.05, 4.69) is 0 Å². The van der Waals surface area contributed by atoms with E-state index in [0.717, 1.165) is 0 Å². The molecule has 1 heterocycles. The number of amides is 2. The van der Waals surface area contributed by atoms with Crippen molar-refractivity contribution in [2.45, 2.75) is 59.2 Å². The molecule has 2 atom stereocenters. The fourth-order valence-electron chi connectivity index (χ4n) is 2.14. The lowest BCUT2D eigenvalue weighted by atomic mass is 10.1. The molecule has 0 bridgehead atoms. The van der Waals surface area contributed by atoms with Crippen LogP contribution in [0.15, 0.2) is 0 Å². The number of carbonyl (C=O) groups excluding carboxylic acids is 2. The van der Waals surface area contributed by atoms with Gasteiger partial charge in [0.05, 0.1) is 0 Å². The summed E-state index contributed by atoms with van der Waals surface area (Å²) in [4.78, 5) is 27.0. The van der Waals surface area contributed by atoms with E-state index in [0.29, 0.717) is 13.1 Å². The molecule has 5 heteroatoms. The van der Waals surface area contributed by atoms with E-state index >= 15 is 0 Å². The van der Waals surface area contributed by atoms with E-state index in [9.17, 15) is 9.59 Å². The molecule has 0 aliphatic carbocycles. The van der Waals surface area contributed by atoms with E-state index in [1.165, 1.54) is 0 Å². The minimum absolute atomic E-state index is 0.0139. The monoisotopic (exact) mass is 256 g/mol. The molecule has 2 unspecified atom stereocenters. The highest BCUT2D eigenvalue weighted by molar-refractivity contribution is 5.74. The molecular weight excluding hydrogens is 232 g/mol. The Morgan fingerprint density at radius 1 is 1.06 bits per heavy atom. The first kappa shape index (κ1) is 14.8. The maximum atomic E-state index is 12.0. The van der Waals surface area contributed by atoms with Crippen LogP contribution in [0, 0.1) is 0 Å². The topological polar surface area (TPSA) is 49.9 Å². The molecule has 0 aromatic heterocycles. The molecule has 0 N–H and O–H groups in total. The zero-order valence-corrected chi connectivity index (χ0v) is 12.2. The summed E-state index contributed by atoms with van der Waals surface area (Å²) in [5.74, 6) is 0.0539. The van der Waals surface area contributed by atoms with Crippen molar-refractivity contribution in [1.82, 2.24) is 9.80 Å². The van der Waals surface area contributed by atoms with Crippen molar-refractivity contribution in [2.24, 2.45) is 0 Å². The van der Waals surface area contributed by atoms with Gasteiger partial charge in [-0.1, -0.05) is 0 Å². The largest absolute Gasteiger partial charge is 0.444 e. The van der Waals surface area contributed by atoms with Crippen molar-refractivity contribution >= 4 is 12.0 Å². The van der Waals surface area contributed by atoms with Gasteiger partial charge in [0.2, 0.25) is 5.91 Å². The molecule has 1 saturated heterocycles. The van der Waals surface area contributed by atoms with Gasteiger partial charge in [0.1, 0.15) is 5.60 Å². The Morgan fingerprint density at radius 3 is 1.94 bits per heavy atom. The highest BCUT2D eigenvalue weighted by Gasteiger charge is 2.35. The molecule has 0 radical (unpaired) electrons.